The predicted octanol–water partition coefficient (Wildman–Crippen LogP) is 4.90. The van der Waals surface area contributed by atoms with E-state index in [1.54, 1.807) is 39.8 Å². The van der Waals surface area contributed by atoms with Crippen molar-refractivity contribution >= 4 is 57.5 Å². The highest BCUT2D eigenvalue weighted by Gasteiger charge is 2.23. The van der Waals surface area contributed by atoms with E-state index in [-0.39, 0.29) is 11.8 Å². The van der Waals surface area contributed by atoms with Crippen molar-refractivity contribution < 1.29 is 9.59 Å². The molecule has 4 rings (SSSR count). The van der Waals surface area contributed by atoms with E-state index in [0.717, 1.165) is 16.3 Å². The zero-order valence-corrected chi connectivity index (χ0v) is 16.0. The molecule has 26 heavy (non-hydrogen) atoms. The molecule has 1 aliphatic rings. The fourth-order valence-corrected chi connectivity index (χ4v) is 4.69. The Hall–Kier alpha value is -2.22. The molecule has 5 nitrogen and oxygen atoms in total. The van der Waals surface area contributed by atoms with Crippen molar-refractivity contribution in [2.45, 2.75) is 12.8 Å². The Morgan fingerprint density at radius 1 is 1.27 bits per heavy atom. The first-order valence-corrected chi connectivity index (χ1v) is 10.2. The van der Waals surface area contributed by atoms with Crippen LogP contribution in [0.2, 0.25) is 5.02 Å². The maximum absolute atomic E-state index is 12.4. The standard InChI is InChI=1S/C18H14ClN3O2S2/c19-12-9-11(5-6-14(12)22-7-1-4-16(22)23)20-17(24)13-10-26-18(21-13)15-3-2-8-25-15/h2-3,5-6,8-10H,1,4,7H2,(H,20,24). The Balaban J connectivity index is 1.49. The lowest BCUT2D eigenvalue weighted by atomic mass is 10.2. The second-order valence-electron chi connectivity index (χ2n) is 5.78. The minimum atomic E-state index is -0.287. The summed E-state index contributed by atoms with van der Waals surface area (Å²) in [5, 5.41) is 7.79. The Morgan fingerprint density at radius 3 is 2.85 bits per heavy atom. The van der Waals surface area contributed by atoms with Crippen LogP contribution >= 0.6 is 34.3 Å². The van der Waals surface area contributed by atoms with Crippen LogP contribution in [-0.2, 0) is 4.79 Å². The zero-order valence-electron chi connectivity index (χ0n) is 13.6. The normalized spacial score (nSPS) is 14.0. The fraction of sp³-hybridized carbons (Fsp3) is 0.167. The third-order valence-electron chi connectivity index (χ3n) is 4.04. The number of carbonyl (C=O) groups is 2. The van der Waals surface area contributed by atoms with Gasteiger partial charge in [-0.3, -0.25) is 9.59 Å². The summed E-state index contributed by atoms with van der Waals surface area (Å²) in [6.45, 7) is 0.675. The zero-order chi connectivity index (χ0) is 18.1. The third-order valence-corrected chi connectivity index (χ3v) is 6.22. The molecule has 0 radical (unpaired) electrons. The maximum atomic E-state index is 12.4. The molecule has 2 amide bonds. The first kappa shape index (κ1) is 17.2. The summed E-state index contributed by atoms with van der Waals surface area (Å²) < 4.78 is 0. The van der Waals surface area contributed by atoms with E-state index in [9.17, 15) is 9.59 Å². The molecule has 8 heteroatoms. The summed E-state index contributed by atoms with van der Waals surface area (Å²) in [6.07, 6.45) is 1.38. The van der Waals surface area contributed by atoms with Crippen molar-refractivity contribution in [1.29, 1.82) is 0 Å². The molecule has 1 saturated heterocycles. The molecule has 0 unspecified atom stereocenters. The summed E-state index contributed by atoms with van der Waals surface area (Å²) >= 11 is 9.34. The van der Waals surface area contributed by atoms with Crippen LogP contribution in [0.4, 0.5) is 11.4 Å². The number of carbonyl (C=O) groups excluding carboxylic acids is 2. The first-order chi connectivity index (χ1) is 12.6. The minimum absolute atomic E-state index is 0.0762. The van der Waals surface area contributed by atoms with Gasteiger partial charge < -0.3 is 10.2 Å². The van der Waals surface area contributed by atoms with E-state index >= 15 is 0 Å². The number of amides is 2. The van der Waals surface area contributed by atoms with Crippen molar-refractivity contribution in [3.8, 4) is 9.88 Å². The molecule has 0 saturated carbocycles. The monoisotopic (exact) mass is 403 g/mol. The molecule has 1 N–H and O–H groups in total. The van der Waals surface area contributed by atoms with Gasteiger partial charge in [0.05, 0.1) is 15.6 Å². The van der Waals surface area contributed by atoms with Crippen LogP contribution in [0.5, 0.6) is 0 Å². The van der Waals surface area contributed by atoms with Crippen molar-refractivity contribution in [2.24, 2.45) is 0 Å². The molecule has 0 aliphatic carbocycles. The lowest BCUT2D eigenvalue weighted by Crippen LogP contribution is -2.24. The number of hydrogen-bond donors (Lipinski definition) is 1. The largest absolute Gasteiger partial charge is 0.321 e. The number of anilines is 2. The average molecular weight is 404 g/mol. The Morgan fingerprint density at radius 2 is 2.15 bits per heavy atom. The quantitative estimate of drug-likeness (QED) is 0.673. The van der Waals surface area contributed by atoms with Crippen LogP contribution < -0.4 is 10.2 Å². The van der Waals surface area contributed by atoms with Crippen LogP contribution in [0, 0.1) is 0 Å². The summed E-state index contributed by atoms with van der Waals surface area (Å²) in [7, 11) is 0. The summed E-state index contributed by atoms with van der Waals surface area (Å²) in [4.78, 5) is 31.4. The lowest BCUT2D eigenvalue weighted by Gasteiger charge is -2.18. The molecule has 1 aromatic carbocycles. The Kier molecular flexibility index (Phi) is 4.76. The van der Waals surface area contributed by atoms with Gasteiger partial charge in [0.25, 0.3) is 5.91 Å². The van der Waals surface area contributed by atoms with Crippen molar-refractivity contribution in [1.82, 2.24) is 4.98 Å². The SMILES string of the molecule is O=C(Nc1ccc(N2CCCC2=O)c(Cl)c1)c1csc(-c2cccs2)n1. The maximum Gasteiger partial charge on any atom is 0.275 e. The Labute approximate surface area is 163 Å². The topological polar surface area (TPSA) is 62.3 Å². The van der Waals surface area contributed by atoms with Gasteiger partial charge in [0.1, 0.15) is 10.7 Å². The van der Waals surface area contributed by atoms with E-state index < -0.39 is 0 Å². The van der Waals surface area contributed by atoms with E-state index in [0.29, 0.717) is 35.1 Å². The van der Waals surface area contributed by atoms with Crippen LogP contribution in [0.3, 0.4) is 0 Å². The van der Waals surface area contributed by atoms with Gasteiger partial charge in [-0.25, -0.2) is 4.98 Å². The van der Waals surface area contributed by atoms with E-state index in [4.69, 9.17) is 11.6 Å². The molecule has 1 aliphatic heterocycles. The van der Waals surface area contributed by atoms with Crippen molar-refractivity contribution in [3.63, 3.8) is 0 Å². The summed E-state index contributed by atoms with van der Waals surface area (Å²) in [5.74, 6) is -0.211. The summed E-state index contributed by atoms with van der Waals surface area (Å²) in [6, 6.07) is 9.10. The second-order valence-corrected chi connectivity index (χ2v) is 8.00. The summed E-state index contributed by atoms with van der Waals surface area (Å²) in [5.41, 5.74) is 1.62. The number of halogens is 1. The molecular weight excluding hydrogens is 390 g/mol. The highest BCUT2D eigenvalue weighted by atomic mass is 35.5. The van der Waals surface area contributed by atoms with Crippen molar-refractivity contribution in [2.75, 3.05) is 16.8 Å². The number of thiophene rings is 1. The number of rotatable bonds is 4. The first-order valence-electron chi connectivity index (χ1n) is 8.02. The molecule has 0 atom stereocenters. The van der Waals surface area contributed by atoms with Gasteiger partial charge in [-0.1, -0.05) is 17.7 Å². The molecule has 3 aromatic rings. The van der Waals surface area contributed by atoms with Crippen LogP contribution in [0.25, 0.3) is 9.88 Å². The number of nitrogens with one attached hydrogen (secondary N) is 1. The highest BCUT2D eigenvalue weighted by molar-refractivity contribution is 7.20. The van der Waals surface area contributed by atoms with Gasteiger partial charge in [0.2, 0.25) is 5.91 Å². The predicted molar refractivity (Wildman–Crippen MR) is 106 cm³/mol. The lowest BCUT2D eigenvalue weighted by molar-refractivity contribution is -0.117. The van der Waals surface area contributed by atoms with Gasteiger partial charge in [-0.2, -0.15) is 0 Å². The number of thiazole rings is 1. The highest BCUT2D eigenvalue weighted by Crippen LogP contribution is 2.32. The van der Waals surface area contributed by atoms with Gasteiger partial charge >= 0.3 is 0 Å². The number of benzene rings is 1. The molecule has 3 heterocycles. The number of aromatic nitrogens is 1. The van der Waals surface area contributed by atoms with Gasteiger partial charge in [0, 0.05) is 24.0 Å². The number of nitrogens with zero attached hydrogens (tertiary/aromatic N) is 2. The second kappa shape index (κ2) is 7.19. The molecule has 0 bridgehead atoms. The van der Waals surface area contributed by atoms with E-state index in [1.165, 1.54) is 11.3 Å². The smallest absolute Gasteiger partial charge is 0.275 e. The van der Waals surface area contributed by atoms with E-state index in [2.05, 4.69) is 10.3 Å². The van der Waals surface area contributed by atoms with E-state index in [1.807, 2.05) is 17.5 Å². The molecule has 132 valence electrons. The Bertz CT molecular complexity index is 969. The molecular formula is C18H14ClN3O2S2. The third kappa shape index (κ3) is 3.38. The number of hydrogen-bond acceptors (Lipinski definition) is 5. The van der Waals surface area contributed by atoms with Crippen LogP contribution in [-0.4, -0.2) is 23.3 Å². The average Bonchev–Trinajstić information content (AvgIpc) is 3.36. The minimum Gasteiger partial charge on any atom is -0.321 e. The molecule has 1 fully saturated rings. The van der Waals surface area contributed by atoms with Gasteiger partial charge in [-0.15, -0.1) is 22.7 Å². The van der Waals surface area contributed by atoms with Crippen LogP contribution in [0.15, 0.2) is 41.1 Å². The van der Waals surface area contributed by atoms with Crippen molar-refractivity contribution in [3.05, 3.63) is 51.8 Å². The fourth-order valence-electron chi connectivity index (χ4n) is 2.79. The van der Waals surface area contributed by atoms with Gasteiger partial charge in [0.15, 0.2) is 0 Å². The molecule has 2 aromatic heterocycles. The molecule has 0 spiro atoms. The van der Waals surface area contributed by atoms with Gasteiger partial charge in [-0.05, 0) is 36.1 Å². The van der Waals surface area contributed by atoms with Crippen LogP contribution in [0.1, 0.15) is 23.3 Å².